The van der Waals surface area contributed by atoms with E-state index < -0.39 is 11.3 Å². The van der Waals surface area contributed by atoms with Crippen LogP contribution in [0.25, 0.3) is 0 Å². The van der Waals surface area contributed by atoms with E-state index >= 15 is 0 Å². The van der Waals surface area contributed by atoms with Gasteiger partial charge < -0.3 is 15.4 Å². The highest BCUT2D eigenvalue weighted by Gasteiger charge is 2.43. The molecule has 0 bridgehead atoms. The molecule has 1 aromatic carbocycles. The van der Waals surface area contributed by atoms with Gasteiger partial charge in [0.15, 0.2) is 0 Å². The van der Waals surface area contributed by atoms with Crippen molar-refractivity contribution in [3.05, 3.63) is 22.7 Å². The first-order valence-corrected chi connectivity index (χ1v) is 5.90. The lowest BCUT2D eigenvalue weighted by Crippen LogP contribution is -2.39. The average molecular weight is 293 g/mol. The van der Waals surface area contributed by atoms with E-state index in [2.05, 4.69) is 0 Å². The van der Waals surface area contributed by atoms with Gasteiger partial charge in [-0.25, -0.2) is 0 Å². The van der Waals surface area contributed by atoms with Crippen LogP contribution in [0.2, 0.25) is 5.02 Å². The molecule has 20 heavy (non-hydrogen) atoms. The Kier molecular flexibility index (Phi) is 4.44. The molecule has 0 fully saturated rings. The molecule has 0 spiro atoms. The number of nitrogens with two attached hydrogens (primary N) is 1. The third kappa shape index (κ3) is 2.22. The summed E-state index contributed by atoms with van der Waals surface area (Å²) in [6.45, 7) is 0. The Morgan fingerprint density at radius 2 is 1.95 bits per heavy atom. The van der Waals surface area contributed by atoms with Gasteiger partial charge in [-0.05, 0) is 6.07 Å². The van der Waals surface area contributed by atoms with Gasteiger partial charge in [0.2, 0.25) is 5.41 Å². The van der Waals surface area contributed by atoms with Gasteiger partial charge in [-0.15, -0.1) is 0 Å². The van der Waals surface area contributed by atoms with Crippen molar-refractivity contribution in [3.63, 3.8) is 0 Å². The van der Waals surface area contributed by atoms with Crippen LogP contribution in [0.1, 0.15) is 5.56 Å². The van der Waals surface area contributed by atoms with Crippen LogP contribution in [-0.4, -0.2) is 27.1 Å². The zero-order valence-corrected chi connectivity index (χ0v) is 12.0. The fourth-order valence-corrected chi connectivity index (χ4v) is 2.17. The predicted molar refractivity (Wildman–Crippen MR) is 74.4 cm³/mol. The number of primary amides is 1. The first kappa shape index (κ1) is 15.6. The Hall–Kier alpha value is -2.44. The average Bonchev–Trinajstić information content (AvgIpc) is 2.40. The number of methoxy groups -OCH3 is 1. The monoisotopic (exact) mass is 292 g/mol. The zero-order valence-electron chi connectivity index (χ0n) is 11.3. The van der Waals surface area contributed by atoms with Crippen LogP contribution in [0, 0.1) is 22.7 Å². The quantitative estimate of drug-likeness (QED) is 0.897. The van der Waals surface area contributed by atoms with Crippen molar-refractivity contribution in [2.24, 2.45) is 5.73 Å². The summed E-state index contributed by atoms with van der Waals surface area (Å²) in [4.78, 5) is 13.3. The molecule has 0 saturated carbocycles. The molecule has 2 N–H and O–H groups in total. The standard InChI is InChI=1S/C13H13ClN4O2/c1-18(2)10-9(14)5-4-8(11(10)20-3)13(6-15,7-16)12(17)19/h4-5H,1-3H3,(H2,17,19). The molecule has 0 aliphatic heterocycles. The molecule has 0 heterocycles. The lowest BCUT2D eigenvalue weighted by atomic mass is 9.81. The molecule has 0 aromatic heterocycles. The molecule has 104 valence electrons. The third-order valence-corrected chi connectivity index (χ3v) is 3.15. The number of hydrogen-bond donors (Lipinski definition) is 1. The first-order chi connectivity index (χ1) is 9.35. The minimum Gasteiger partial charge on any atom is -0.494 e. The first-order valence-electron chi connectivity index (χ1n) is 5.52. The molecule has 0 aliphatic rings. The van der Waals surface area contributed by atoms with Crippen LogP contribution in [0.15, 0.2) is 12.1 Å². The van der Waals surface area contributed by atoms with Crippen molar-refractivity contribution in [1.82, 2.24) is 0 Å². The highest BCUT2D eigenvalue weighted by atomic mass is 35.5. The van der Waals surface area contributed by atoms with Crippen LogP contribution < -0.4 is 15.4 Å². The zero-order chi connectivity index (χ0) is 15.5. The van der Waals surface area contributed by atoms with Crippen LogP contribution >= 0.6 is 11.6 Å². The molecular formula is C13H13ClN4O2. The highest BCUT2D eigenvalue weighted by Crippen LogP contribution is 2.42. The largest absolute Gasteiger partial charge is 0.494 e. The SMILES string of the molecule is COc1c(C(C#N)(C#N)C(N)=O)ccc(Cl)c1N(C)C. The number of anilines is 1. The number of carbonyl (C=O) groups excluding carboxylic acids is 1. The van der Waals surface area contributed by atoms with Crippen LogP contribution in [0.3, 0.4) is 0 Å². The molecule has 0 aliphatic carbocycles. The maximum Gasteiger partial charge on any atom is 0.257 e. The minimum atomic E-state index is -2.12. The second kappa shape index (κ2) is 5.68. The summed E-state index contributed by atoms with van der Waals surface area (Å²) in [5.74, 6) is -0.891. The van der Waals surface area contributed by atoms with Gasteiger partial charge in [0.1, 0.15) is 5.75 Å². The van der Waals surface area contributed by atoms with E-state index in [1.807, 2.05) is 0 Å². The highest BCUT2D eigenvalue weighted by molar-refractivity contribution is 6.33. The number of halogens is 1. The molecule has 6 nitrogen and oxygen atoms in total. The van der Waals surface area contributed by atoms with Crippen LogP contribution in [-0.2, 0) is 10.2 Å². The predicted octanol–water partition coefficient (Wildman–Crippen LogP) is 1.18. The minimum absolute atomic E-state index is 0.0746. The number of benzene rings is 1. The smallest absolute Gasteiger partial charge is 0.257 e. The van der Waals surface area contributed by atoms with Crippen molar-refractivity contribution < 1.29 is 9.53 Å². The van der Waals surface area contributed by atoms with Gasteiger partial charge in [0.25, 0.3) is 5.91 Å². The van der Waals surface area contributed by atoms with Gasteiger partial charge in [0, 0.05) is 19.7 Å². The number of nitriles is 2. The fraction of sp³-hybridized carbons (Fsp3) is 0.308. The summed E-state index contributed by atoms with van der Waals surface area (Å²) in [5.41, 5.74) is 3.64. The summed E-state index contributed by atoms with van der Waals surface area (Å²) < 4.78 is 5.24. The van der Waals surface area contributed by atoms with E-state index in [1.165, 1.54) is 19.2 Å². The number of hydrogen-bond acceptors (Lipinski definition) is 5. The molecule has 0 radical (unpaired) electrons. The molecular weight excluding hydrogens is 280 g/mol. The van der Waals surface area contributed by atoms with Gasteiger partial charge in [-0.3, -0.25) is 4.79 Å². The lowest BCUT2D eigenvalue weighted by molar-refractivity contribution is -0.120. The molecule has 0 unspecified atom stereocenters. The maximum absolute atomic E-state index is 11.6. The van der Waals surface area contributed by atoms with E-state index in [1.54, 1.807) is 31.1 Å². The lowest BCUT2D eigenvalue weighted by Gasteiger charge is -2.24. The maximum atomic E-state index is 11.6. The fourth-order valence-electron chi connectivity index (χ4n) is 1.85. The van der Waals surface area contributed by atoms with Crippen molar-refractivity contribution in [2.45, 2.75) is 5.41 Å². The number of rotatable bonds is 4. The molecule has 1 amide bonds. The third-order valence-electron chi connectivity index (χ3n) is 2.84. The molecule has 0 atom stereocenters. The van der Waals surface area contributed by atoms with E-state index in [9.17, 15) is 15.3 Å². The van der Waals surface area contributed by atoms with Crippen molar-refractivity contribution in [3.8, 4) is 17.9 Å². The Labute approximate surface area is 121 Å². The summed E-state index contributed by atoms with van der Waals surface area (Å²) >= 11 is 6.09. The Morgan fingerprint density at radius 3 is 2.30 bits per heavy atom. The van der Waals surface area contributed by atoms with E-state index in [0.29, 0.717) is 10.7 Å². The molecule has 7 heteroatoms. The number of nitrogens with zero attached hydrogens (tertiary/aromatic N) is 3. The van der Waals surface area contributed by atoms with Gasteiger partial charge in [-0.1, -0.05) is 17.7 Å². The van der Waals surface area contributed by atoms with Crippen LogP contribution in [0.4, 0.5) is 5.69 Å². The topological polar surface area (TPSA) is 103 Å². The van der Waals surface area contributed by atoms with Crippen molar-refractivity contribution in [1.29, 1.82) is 10.5 Å². The van der Waals surface area contributed by atoms with E-state index in [0.717, 1.165) is 0 Å². The molecule has 0 saturated heterocycles. The van der Waals surface area contributed by atoms with Crippen molar-refractivity contribution >= 4 is 23.2 Å². The second-order valence-electron chi connectivity index (χ2n) is 4.21. The number of amides is 1. The van der Waals surface area contributed by atoms with Gasteiger partial charge in [-0.2, -0.15) is 10.5 Å². The summed E-state index contributed by atoms with van der Waals surface area (Å²) in [6.07, 6.45) is 0. The number of ether oxygens (including phenoxy) is 1. The van der Waals surface area contributed by atoms with E-state index in [-0.39, 0.29) is 11.3 Å². The van der Waals surface area contributed by atoms with Gasteiger partial charge in [0.05, 0.1) is 30.0 Å². The molecule has 1 rings (SSSR count). The van der Waals surface area contributed by atoms with E-state index in [4.69, 9.17) is 22.1 Å². The second-order valence-corrected chi connectivity index (χ2v) is 4.62. The Morgan fingerprint density at radius 1 is 1.40 bits per heavy atom. The number of carbonyl (C=O) groups is 1. The van der Waals surface area contributed by atoms with Gasteiger partial charge >= 0.3 is 0 Å². The normalized spacial score (nSPS) is 10.3. The summed E-state index contributed by atoms with van der Waals surface area (Å²) in [6, 6.07) is 6.21. The Balaban J connectivity index is 3.80. The molecule has 1 aromatic rings. The summed E-state index contributed by atoms with van der Waals surface area (Å²) in [7, 11) is 4.80. The Bertz CT molecular complexity index is 614. The van der Waals surface area contributed by atoms with Crippen LogP contribution in [0.5, 0.6) is 5.75 Å². The summed E-state index contributed by atoms with van der Waals surface area (Å²) in [5, 5.41) is 18.9. The van der Waals surface area contributed by atoms with Crippen molar-refractivity contribution in [2.75, 3.05) is 26.1 Å².